The van der Waals surface area contributed by atoms with Crippen molar-refractivity contribution in [2.75, 3.05) is 26.6 Å². The zero-order chi connectivity index (χ0) is 24.9. The summed E-state index contributed by atoms with van der Waals surface area (Å²) in [6.45, 7) is 4.37. The van der Waals surface area contributed by atoms with Crippen molar-refractivity contribution in [3.8, 4) is 28.6 Å². The first-order valence-electron chi connectivity index (χ1n) is 11.0. The number of benzene rings is 1. The summed E-state index contributed by atoms with van der Waals surface area (Å²) in [6, 6.07) is 8.98. The van der Waals surface area contributed by atoms with Crippen molar-refractivity contribution in [1.29, 1.82) is 0 Å². The van der Waals surface area contributed by atoms with Crippen molar-refractivity contribution in [3.63, 3.8) is 0 Å². The molecular weight excluding hydrogens is 472 g/mol. The lowest BCUT2D eigenvalue weighted by molar-refractivity contribution is 0.0920. The van der Waals surface area contributed by atoms with Crippen LogP contribution in [-0.4, -0.2) is 75.0 Å². The van der Waals surface area contributed by atoms with E-state index in [2.05, 4.69) is 19.9 Å². The minimum absolute atomic E-state index is 0.181. The van der Waals surface area contributed by atoms with Crippen LogP contribution >= 0.6 is 0 Å². The van der Waals surface area contributed by atoms with Crippen LogP contribution in [0.1, 0.15) is 19.5 Å². The molecule has 2 aromatic heterocycles. The smallest absolute Gasteiger partial charge is 0.237 e. The van der Waals surface area contributed by atoms with Crippen LogP contribution in [0.25, 0.3) is 11.3 Å². The van der Waals surface area contributed by atoms with Gasteiger partial charge in [0.25, 0.3) is 0 Å². The summed E-state index contributed by atoms with van der Waals surface area (Å²) in [6.07, 6.45) is 3.63. The number of aliphatic imine (C=N–C) groups is 1. The third-order valence-electron chi connectivity index (χ3n) is 5.20. The van der Waals surface area contributed by atoms with Crippen molar-refractivity contribution >= 4 is 16.7 Å². The minimum atomic E-state index is -1.23. The van der Waals surface area contributed by atoms with Gasteiger partial charge >= 0.3 is 0 Å². The summed E-state index contributed by atoms with van der Waals surface area (Å²) in [5.74, 6) is 1.79. The minimum Gasteiger partial charge on any atom is -0.488 e. The lowest BCUT2D eigenvalue weighted by Crippen LogP contribution is -2.21. The van der Waals surface area contributed by atoms with E-state index in [4.69, 9.17) is 18.9 Å². The van der Waals surface area contributed by atoms with Gasteiger partial charge in [-0.25, -0.2) is 15.0 Å². The molecule has 1 unspecified atom stereocenters. The Hall–Kier alpha value is -3.28. The van der Waals surface area contributed by atoms with Gasteiger partial charge in [0.05, 0.1) is 35.9 Å². The largest absolute Gasteiger partial charge is 0.488 e. The molecule has 0 saturated carbocycles. The Morgan fingerprint density at radius 2 is 1.94 bits per heavy atom. The number of nitrogens with one attached hydrogen (secondary N) is 1. The molecule has 186 valence electrons. The lowest BCUT2D eigenvalue weighted by atomic mass is 10.1. The molecule has 10 nitrogen and oxygen atoms in total. The molecular formula is C24H28N4O6S. The molecule has 3 heterocycles. The molecule has 3 aromatic rings. The maximum absolute atomic E-state index is 11.6. The summed E-state index contributed by atoms with van der Waals surface area (Å²) in [5.41, 5.74) is 2.31. The molecule has 1 aliphatic rings. The number of aromatic amines is 1. The Kier molecular flexibility index (Phi) is 7.79. The van der Waals surface area contributed by atoms with Crippen molar-refractivity contribution in [2.45, 2.75) is 37.1 Å². The molecule has 1 aromatic carbocycles. The average molecular weight is 501 g/mol. The maximum Gasteiger partial charge on any atom is 0.237 e. The standard InChI is InChI=1S/C24H28N4O6S/c1-14(12-31-3)33-17-7-16(8-18(9-17)34-22-10-26-23(11-25-22)35(4)30)19-5-6-20(27-19)24-28-21(13-32-24)15(2)29/h5-11,14-15,21,27,29H,12-13H2,1-4H3/t14-,15-,21-,35?/m0/s1. The molecule has 0 fully saturated rings. The predicted octanol–water partition coefficient (Wildman–Crippen LogP) is 2.94. The first-order chi connectivity index (χ1) is 16.8. The van der Waals surface area contributed by atoms with Crippen LogP contribution in [-0.2, 0) is 20.3 Å². The number of nitrogens with zero attached hydrogens (tertiary/aromatic N) is 3. The number of methoxy groups -OCH3 is 1. The highest BCUT2D eigenvalue weighted by molar-refractivity contribution is 7.84. The number of aliphatic hydroxyl groups is 1. The van der Waals surface area contributed by atoms with Gasteiger partial charge in [0.1, 0.15) is 41.0 Å². The molecule has 0 amide bonds. The monoisotopic (exact) mass is 500 g/mol. The SMILES string of the molecule is COC[C@H](C)Oc1cc(Oc2cnc(S(C)=O)cn2)cc(-c2ccc(C3=N[C@H]([C@H](C)O)CO3)[nH]2)c1. The normalized spacial score (nSPS) is 17.9. The lowest BCUT2D eigenvalue weighted by Gasteiger charge is -2.16. The van der Waals surface area contributed by atoms with E-state index in [9.17, 15) is 9.32 Å². The highest BCUT2D eigenvalue weighted by atomic mass is 32.2. The Morgan fingerprint density at radius 1 is 1.17 bits per heavy atom. The Labute approximate surface area is 205 Å². The van der Waals surface area contributed by atoms with Gasteiger partial charge in [-0.2, -0.15) is 0 Å². The fraction of sp³-hybridized carbons (Fsp3) is 0.375. The van der Waals surface area contributed by atoms with E-state index in [-0.39, 0.29) is 18.0 Å². The predicted molar refractivity (Wildman–Crippen MR) is 131 cm³/mol. The highest BCUT2D eigenvalue weighted by Crippen LogP contribution is 2.32. The molecule has 2 N–H and O–H groups in total. The molecule has 11 heteroatoms. The van der Waals surface area contributed by atoms with E-state index < -0.39 is 16.9 Å². The molecule has 0 bridgehead atoms. The Bertz CT molecular complexity index is 1210. The van der Waals surface area contributed by atoms with Crippen LogP contribution in [0.5, 0.6) is 17.4 Å². The molecule has 35 heavy (non-hydrogen) atoms. The third-order valence-corrected chi connectivity index (χ3v) is 6.00. The van der Waals surface area contributed by atoms with Gasteiger partial charge in [-0.05, 0) is 38.1 Å². The first-order valence-corrected chi connectivity index (χ1v) is 12.6. The second-order valence-corrected chi connectivity index (χ2v) is 9.49. The number of ether oxygens (including phenoxy) is 4. The Balaban J connectivity index is 1.62. The Morgan fingerprint density at radius 3 is 2.60 bits per heavy atom. The fourth-order valence-corrected chi connectivity index (χ4v) is 3.86. The van der Waals surface area contributed by atoms with Crippen molar-refractivity contribution in [2.24, 2.45) is 4.99 Å². The van der Waals surface area contributed by atoms with E-state index in [0.29, 0.717) is 41.3 Å². The molecule has 0 radical (unpaired) electrons. The van der Waals surface area contributed by atoms with Crippen molar-refractivity contribution in [3.05, 3.63) is 48.4 Å². The van der Waals surface area contributed by atoms with Gasteiger partial charge in [0, 0.05) is 30.7 Å². The fourth-order valence-electron chi connectivity index (χ4n) is 3.45. The summed E-state index contributed by atoms with van der Waals surface area (Å²) in [4.78, 5) is 16.1. The van der Waals surface area contributed by atoms with Gasteiger partial charge in [0.15, 0.2) is 0 Å². The molecule has 1 aliphatic heterocycles. The number of H-pyrrole nitrogens is 1. The van der Waals surface area contributed by atoms with Crippen LogP contribution in [0.4, 0.5) is 0 Å². The van der Waals surface area contributed by atoms with Crippen LogP contribution in [0.2, 0.25) is 0 Å². The summed E-state index contributed by atoms with van der Waals surface area (Å²) >= 11 is 0. The van der Waals surface area contributed by atoms with Crippen molar-refractivity contribution in [1.82, 2.24) is 15.0 Å². The molecule has 4 rings (SSSR count). The number of rotatable bonds is 10. The van der Waals surface area contributed by atoms with Gasteiger partial charge in [0.2, 0.25) is 11.8 Å². The van der Waals surface area contributed by atoms with Crippen LogP contribution < -0.4 is 9.47 Å². The molecule has 0 aliphatic carbocycles. The zero-order valence-corrected chi connectivity index (χ0v) is 20.7. The van der Waals surface area contributed by atoms with E-state index >= 15 is 0 Å². The van der Waals surface area contributed by atoms with Crippen LogP contribution in [0.3, 0.4) is 0 Å². The summed E-state index contributed by atoms with van der Waals surface area (Å²) < 4.78 is 34.4. The number of aromatic nitrogens is 3. The quantitative estimate of drug-likeness (QED) is 0.435. The van der Waals surface area contributed by atoms with Gasteiger partial charge in [-0.3, -0.25) is 4.21 Å². The van der Waals surface area contributed by atoms with Crippen molar-refractivity contribution < 1.29 is 28.3 Å². The van der Waals surface area contributed by atoms with Gasteiger partial charge in [-0.15, -0.1) is 0 Å². The second kappa shape index (κ2) is 11.0. The summed E-state index contributed by atoms with van der Waals surface area (Å²) in [7, 11) is 0.390. The van der Waals surface area contributed by atoms with Gasteiger partial charge in [-0.1, -0.05) is 0 Å². The molecule has 0 spiro atoms. The van der Waals surface area contributed by atoms with E-state index in [1.54, 1.807) is 20.1 Å². The van der Waals surface area contributed by atoms with Gasteiger partial charge < -0.3 is 29.0 Å². The first kappa shape index (κ1) is 24.8. The van der Waals surface area contributed by atoms with E-state index in [1.807, 2.05) is 31.2 Å². The maximum atomic E-state index is 11.6. The van der Waals surface area contributed by atoms with Crippen LogP contribution in [0, 0.1) is 0 Å². The van der Waals surface area contributed by atoms with E-state index in [1.165, 1.54) is 18.6 Å². The summed E-state index contributed by atoms with van der Waals surface area (Å²) in [5, 5.41) is 10.1. The zero-order valence-electron chi connectivity index (χ0n) is 19.9. The second-order valence-electron chi connectivity index (χ2n) is 8.16. The average Bonchev–Trinajstić information content (AvgIpc) is 3.49. The third kappa shape index (κ3) is 6.24. The molecule has 0 saturated heterocycles. The van der Waals surface area contributed by atoms with E-state index in [0.717, 1.165) is 11.3 Å². The highest BCUT2D eigenvalue weighted by Gasteiger charge is 2.25. The number of hydrogen-bond acceptors (Lipinski definition) is 9. The molecule has 4 atom stereocenters. The number of aliphatic hydroxyl groups excluding tert-OH is 1. The topological polar surface area (TPSA) is 128 Å². The number of hydrogen-bond donors (Lipinski definition) is 2. The van der Waals surface area contributed by atoms with Crippen LogP contribution in [0.15, 0.2) is 52.7 Å².